The van der Waals surface area contributed by atoms with Gasteiger partial charge in [0.05, 0.1) is 20.5 Å². The maximum atomic E-state index is 11.8. The molecule has 5 atom stereocenters. The number of ether oxygens (including phenoxy) is 1. The number of aliphatic hydroxyl groups excluding tert-OH is 1. The van der Waals surface area contributed by atoms with Crippen LogP contribution >= 0.6 is 23.5 Å². The van der Waals surface area contributed by atoms with Gasteiger partial charge < -0.3 is 38.5 Å². The number of aromatic amines is 1. The molecule has 1 fully saturated rings. The van der Waals surface area contributed by atoms with E-state index in [1.165, 1.54) is 6.92 Å². The van der Waals surface area contributed by atoms with Crippen molar-refractivity contribution in [3.8, 4) is 0 Å². The van der Waals surface area contributed by atoms with Crippen LogP contribution in [0.4, 0.5) is 0 Å². The number of rotatable bonds is 8. The number of aliphatic hydroxyl groups is 1. The molecule has 23 heteroatoms. The van der Waals surface area contributed by atoms with Crippen LogP contribution in [0.15, 0.2) is 15.8 Å². The molecular weight excluding hydrogens is 557 g/mol. The van der Waals surface area contributed by atoms with E-state index in [0.29, 0.717) is 0 Å². The van der Waals surface area contributed by atoms with Crippen molar-refractivity contribution in [3.05, 3.63) is 32.6 Å². The molecule has 2 rings (SSSR count). The first-order valence-electron chi connectivity index (χ1n) is 7.45. The summed E-state index contributed by atoms with van der Waals surface area (Å²) in [6.45, 7) is 0.402. The molecule has 0 saturated carbocycles. The minimum absolute atomic E-state index is 0. The second-order valence-electron chi connectivity index (χ2n) is 5.71. The summed E-state index contributed by atoms with van der Waals surface area (Å²) in [6.07, 6.45) is -2.95. The molecule has 166 valence electrons. The summed E-state index contributed by atoms with van der Waals surface area (Å²) in [5.41, 5.74) is -1.35. The van der Waals surface area contributed by atoms with E-state index in [9.17, 15) is 48.0 Å². The van der Waals surface area contributed by atoms with Gasteiger partial charge in [-0.3, -0.25) is 27.8 Å². The van der Waals surface area contributed by atoms with Crippen molar-refractivity contribution in [3.63, 3.8) is 0 Å². The average Bonchev–Trinajstić information content (AvgIpc) is 2.86. The second-order valence-corrected chi connectivity index (χ2v) is 9.96. The van der Waals surface area contributed by atoms with E-state index in [4.69, 9.17) is 4.74 Å². The van der Waals surface area contributed by atoms with Crippen LogP contribution in [0.1, 0.15) is 18.2 Å². The number of phosphoric acid groups is 3. The van der Waals surface area contributed by atoms with Gasteiger partial charge in [-0.25, -0.2) is 9.11 Å². The van der Waals surface area contributed by atoms with Crippen molar-refractivity contribution in [2.45, 2.75) is 31.8 Å². The summed E-state index contributed by atoms with van der Waals surface area (Å²) in [5, 5.41) is 9.93. The molecule has 0 radical (unpaired) electrons. The quantitative estimate of drug-likeness (QED) is 0.217. The molecule has 0 aromatic carbocycles. The monoisotopic (exact) mass is 570 g/mol. The van der Waals surface area contributed by atoms with Gasteiger partial charge in [-0.1, -0.05) is 0 Å². The van der Waals surface area contributed by atoms with Crippen molar-refractivity contribution in [2.24, 2.45) is 0 Å². The van der Waals surface area contributed by atoms with Crippen molar-refractivity contribution in [1.29, 1.82) is 0 Å². The van der Waals surface area contributed by atoms with E-state index in [2.05, 4.69) is 13.1 Å². The number of phosphoric ester groups is 1. The normalized spacial score (nSPS) is 23.5. The van der Waals surface area contributed by atoms with E-state index >= 15 is 0 Å². The van der Waals surface area contributed by atoms with E-state index in [0.717, 1.165) is 10.8 Å². The fourth-order valence-electron chi connectivity index (χ4n) is 2.28. The van der Waals surface area contributed by atoms with Gasteiger partial charge in [-0.05, 0) is 6.92 Å². The van der Waals surface area contributed by atoms with Crippen LogP contribution in [0.5, 0.6) is 0 Å². The summed E-state index contributed by atoms with van der Waals surface area (Å²) in [4.78, 5) is 68.3. The summed E-state index contributed by atoms with van der Waals surface area (Å²) < 4.78 is 49.6. The molecular formula is C10H13N2Na4O14P3. The third-order valence-corrected chi connectivity index (χ3v) is 7.12. The van der Waals surface area contributed by atoms with Gasteiger partial charge in [0.1, 0.15) is 12.3 Å². The molecule has 1 aromatic rings. The second kappa shape index (κ2) is 16.2. The molecule has 2 N–H and O–H groups in total. The Morgan fingerprint density at radius 3 is 2.15 bits per heavy atom. The molecule has 1 aliphatic heterocycles. The predicted octanol–water partition coefficient (Wildman–Crippen LogP) is -15.7. The Hall–Kier alpha value is 3.01. The van der Waals surface area contributed by atoms with Gasteiger partial charge in [-0.15, -0.1) is 0 Å². The van der Waals surface area contributed by atoms with Gasteiger partial charge in [0.25, 0.3) is 21.2 Å². The summed E-state index contributed by atoms with van der Waals surface area (Å²) in [7, 11) is -18.0. The summed E-state index contributed by atoms with van der Waals surface area (Å²) in [6, 6.07) is 0. The topological polar surface area (TPSA) is 255 Å². The van der Waals surface area contributed by atoms with Gasteiger partial charge >= 0.3 is 124 Å². The molecule has 2 heterocycles. The largest absolute Gasteiger partial charge is 1.00 e. The summed E-state index contributed by atoms with van der Waals surface area (Å²) >= 11 is 0. The SMILES string of the molecule is Cc1cn(C2CC(O)C(COP(=O)([O-])OP(=O)([O-])OP(=O)([O-])[O-])O2)c(=O)[nH]c1=O.[Na+].[Na+].[Na+].[Na+]. The van der Waals surface area contributed by atoms with E-state index in [1.807, 2.05) is 4.98 Å². The third kappa shape index (κ3) is 13.6. The first-order valence-corrected chi connectivity index (χ1v) is 11.8. The van der Waals surface area contributed by atoms with E-state index in [-0.39, 0.29) is 130 Å². The molecule has 33 heavy (non-hydrogen) atoms. The van der Waals surface area contributed by atoms with Gasteiger partial charge in [0.2, 0.25) is 0 Å². The van der Waals surface area contributed by atoms with Crippen molar-refractivity contribution in [1.82, 2.24) is 9.55 Å². The van der Waals surface area contributed by atoms with Crippen LogP contribution in [-0.4, -0.2) is 33.5 Å². The average molecular weight is 570 g/mol. The Morgan fingerprint density at radius 2 is 1.64 bits per heavy atom. The van der Waals surface area contributed by atoms with Crippen molar-refractivity contribution >= 4 is 23.5 Å². The number of aryl methyl sites for hydroxylation is 1. The fraction of sp³-hybridized carbons (Fsp3) is 0.600. The van der Waals surface area contributed by atoms with Crippen molar-refractivity contribution in [2.75, 3.05) is 6.61 Å². The Kier molecular flexibility index (Phi) is 19.9. The van der Waals surface area contributed by atoms with Crippen molar-refractivity contribution < 1.29 is 174 Å². The molecule has 1 saturated heterocycles. The molecule has 1 aliphatic rings. The zero-order valence-electron chi connectivity index (χ0n) is 18.3. The van der Waals surface area contributed by atoms with E-state index < -0.39 is 59.8 Å². The number of aromatic nitrogens is 2. The van der Waals surface area contributed by atoms with Gasteiger partial charge in [0, 0.05) is 18.2 Å². The van der Waals surface area contributed by atoms with Crippen LogP contribution in [0.25, 0.3) is 0 Å². The Balaban J connectivity index is -0.00000225. The Labute approximate surface area is 274 Å². The molecule has 0 bridgehead atoms. The number of H-pyrrole nitrogens is 1. The standard InChI is InChI=1S/C10H17N2O14P3.4Na/c1-5-3-12(10(15)11-9(5)14)8-2-6(13)7(24-8)4-23-28(19,20)26-29(21,22)25-27(16,17)18;;;;/h3,6-8,13H,2,4H2,1H3,(H,19,20)(H,21,22)(H,11,14,15)(H2,16,17,18);;;;/q;4*+1/p-4. The van der Waals surface area contributed by atoms with Gasteiger partial charge in [-0.2, -0.15) is 0 Å². The zero-order chi connectivity index (χ0) is 22.2. The smallest absolute Gasteiger partial charge is 0.790 e. The number of hydrogen-bond acceptors (Lipinski definition) is 14. The maximum Gasteiger partial charge on any atom is 1.00 e. The molecule has 16 nitrogen and oxygen atoms in total. The molecule has 0 spiro atoms. The Morgan fingerprint density at radius 1 is 1.09 bits per heavy atom. The number of nitrogens with one attached hydrogen (secondary N) is 1. The van der Waals surface area contributed by atoms with Crippen LogP contribution in [0.3, 0.4) is 0 Å². The van der Waals surface area contributed by atoms with Gasteiger partial charge in [0.15, 0.2) is 0 Å². The van der Waals surface area contributed by atoms with E-state index in [1.54, 1.807) is 0 Å². The fourth-order valence-corrected chi connectivity index (χ4v) is 5.15. The molecule has 1 aromatic heterocycles. The van der Waals surface area contributed by atoms with Crippen LogP contribution < -0.4 is 149 Å². The Bertz CT molecular complexity index is 1030. The minimum atomic E-state index is -6.12. The molecule has 5 unspecified atom stereocenters. The molecule has 0 amide bonds. The summed E-state index contributed by atoms with van der Waals surface area (Å²) in [5.74, 6) is 0. The third-order valence-electron chi connectivity index (χ3n) is 3.46. The van der Waals surface area contributed by atoms with Crippen LogP contribution in [-0.2, 0) is 31.6 Å². The first kappa shape index (κ1) is 40.5. The van der Waals surface area contributed by atoms with Crippen LogP contribution in [0, 0.1) is 6.92 Å². The number of nitrogens with zero attached hydrogens (tertiary/aromatic N) is 1. The molecule has 0 aliphatic carbocycles. The number of hydrogen-bond donors (Lipinski definition) is 2. The predicted molar refractivity (Wildman–Crippen MR) is 81.5 cm³/mol. The van der Waals surface area contributed by atoms with Crippen LogP contribution in [0.2, 0.25) is 0 Å². The maximum absolute atomic E-state index is 11.8. The minimum Gasteiger partial charge on any atom is -0.790 e. The zero-order valence-corrected chi connectivity index (χ0v) is 29.0. The first-order chi connectivity index (χ1) is 13.1.